The Morgan fingerprint density at radius 2 is 1.89 bits per heavy atom. The van der Waals surface area contributed by atoms with Gasteiger partial charge in [-0.25, -0.2) is 13.6 Å². The number of carboxylic acid groups (broad SMARTS) is 1. The van der Waals surface area contributed by atoms with Crippen molar-refractivity contribution >= 4 is 11.9 Å². The summed E-state index contributed by atoms with van der Waals surface area (Å²) in [6.07, 6.45) is 0. The average Bonchev–Trinajstić information content (AvgIpc) is 2.62. The number of hydrogen-bond acceptors (Lipinski definition) is 4. The molecule has 0 bridgehead atoms. The number of carbonyl (C=O) groups excluding carboxylic acids is 1. The zero-order valence-corrected chi connectivity index (χ0v) is 14.8. The number of amides is 1. The Morgan fingerprint density at radius 1 is 1.15 bits per heavy atom. The molecule has 0 aliphatic heterocycles. The lowest BCUT2D eigenvalue weighted by molar-refractivity contribution is -0.139. The third-order valence-corrected chi connectivity index (χ3v) is 3.65. The molecule has 0 fully saturated rings. The van der Waals surface area contributed by atoms with Crippen LogP contribution in [0.3, 0.4) is 0 Å². The fourth-order valence-corrected chi connectivity index (χ4v) is 2.39. The van der Waals surface area contributed by atoms with Crippen LogP contribution < -0.4 is 14.8 Å². The molecule has 0 aliphatic carbocycles. The number of ether oxygens (including phenoxy) is 2. The maximum absolute atomic E-state index is 13.9. The summed E-state index contributed by atoms with van der Waals surface area (Å²) in [6, 6.07) is 7.20. The molecule has 6 nitrogen and oxygen atoms in total. The van der Waals surface area contributed by atoms with Crippen LogP contribution in [0, 0.1) is 11.6 Å². The van der Waals surface area contributed by atoms with Gasteiger partial charge in [0, 0.05) is 11.1 Å². The highest BCUT2D eigenvalue weighted by Gasteiger charge is 2.18. The van der Waals surface area contributed by atoms with Crippen LogP contribution in [0.25, 0.3) is 0 Å². The molecule has 1 atom stereocenters. The molecule has 0 saturated carbocycles. The second kappa shape index (κ2) is 8.98. The normalized spacial score (nSPS) is 11.6. The number of halogens is 2. The molecule has 0 spiro atoms. The van der Waals surface area contributed by atoms with Gasteiger partial charge in [0.2, 0.25) is 0 Å². The maximum Gasteiger partial charge on any atom is 0.341 e. The van der Waals surface area contributed by atoms with Gasteiger partial charge in [0.1, 0.15) is 0 Å². The summed E-state index contributed by atoms with van der Waals surface area (Å²) in [7, 11) is 0. The first-order valence-electron chi connectivity index (χ1n) is 8.19. The summed E-state index contributed by atoms with van der Waals surface area (Å²) in [5, 5.41) is 11.3. The van der Waals surface area contributed by atoms with Gasteiger partial charge in [-0.3, -0.25) is 4.79 Å². The van der Waals surface area contributed by atoms with Crippen molar-refractivity contribution in [2.75, 3.05) is 13.2 Å². The Morgan fingerprint density at radius 3 is 2.56 bits per heavy atom. The molecule has 8 heteroatoms. The van der Waals surface area contributed by atoms with Crippen molar-refractivity contribution in [3.63, 3.8) is 0 Å². The first-order chi connectivity index (χ1) is 12.8. The number of aliphatic carboxylic acids is 1. The molecule has 2 rings (SSSR count). The molecular weight excluding hydrogens is 360 g/mol. The molecule has 0 aromatic heterocycles. The topological polar surface area (TPSA) is 84.9 Å². The lowest BCUT2D eigenvalue weighted by Gasteiger charge is -2.16. The quantitative estimate of drug-likeness (QED) is 0.735. The summed E-state index contributed by atoms with van der Waals surface area (Å²) < 4.78 is 37.7. The van der Waals surface area contributed by atoms with Crippen LogP contribution in [0.2, 0.25) is 0 Å². The molecule has 0 saturated heterocycles. The van der Waals surface area contributed by atoms with E-state index in [0.29, 0.717) is 0 Å². The molecule has 0 radical (unpaired) electrons. The Balaban J connectivity index is 2.18. The van der Waals surface area contributed by atoms with E-state index in [1.807, 2.05) is 0 Å². The Labute approximate surface area is 154 Å². The van der Waals surface area contributed by atoms with Gasteiger partial charge in [0.15, 0.2) is 29.7 Å². The van der Waals surface area contributed by atoms with Gasteiger partial charge in [0.25, 0.3) is 5.91 Å². The first kappa shape index (κ1) is 20.2. The van der Waals surface area contributed by atoms with Crippen LogP contribution in [0.5, 0.6) is 11.5 Å². The van der Waals surface area contributed by atoms with Crippen molar-refractivity contribution < 1.29 is 33.0 Å². The molecule has 0 heterocycles. The summed E-state index contributed by atoms with van der Waals surface area (Å²) in [5.41, 5.74) is 0.222. The number of benzene rings is 2. The monoisotopic (exact) mass is 379 g/mol. The van der Waals surface area contributed by atoms with Gasteiger partial charge >= 0.3 is 5.97 Å². The van der Waals surface area contributed by atoms with Crippen molar-refractivity contribution in [1.82, 2.24) is 5.32 Å². The van der Waals surface area contributed by atoms with E-state index in [1.54, 1.807) is 6.92 Å². The van der Waals surface area contributed by atoms with E-state index < -0.39 is 36.2 Å². The first-order valence-corrected chi connectivity index (χ1v) is 8.19. The molecule has 1 amide bonds. The second-order valence-corrected chi connectivity index (χ2v) is 5.62. The summed E-state index contributed by atoms with van der Waals surface area (Å²) in [6.45, 7) is 2.98. The predicted molar refractivity (Wildman–Crippen MR) is 93.0 cm³/mol. The van der Waals surface area contributed by atoms with E-state index in [1.165, 1.54) is 37.3 Å². The van der Waals surface area contributed by atoms with Crippen LogP contribution in [0.1, 0.15) is 35.8 Å². The summed E-state index contributed by atoms with van der Waals surface area (Å²) in [5.74, 6) is -3.30. The summed E-state index contributed by atoms with van der Waals surface area (Å²) in [4.78, 5) is 23.1. The Bertz CT molecular complexity index is 841. The number of carbonyl (C=O) groups is 2. The van der Waals surface area contributed by atoms with E-state index in [2.05, 4.69) is 5.32 Å². The minimum atomic E-state index is -1.15. The van der Waals surface area contributed by atoms with E-state index in [4.69, 9.17) is 14.6 Å². The van der Waals surface area contributed by atoms with Crippen molar-refractivity contribution in [2.45, 2.75) is 19.9 Å². The minimum Gasteiger partial charge on any atom is -0.490 e. The summed E-state index contributed by atoms with van der Waals surface area (Å²) >= 11 is 0. The van der Waals surface area contributed by atoms with Crippen molar-refractivity contribution in [3.8, 4) is 11.5 Å². The Kier molecular flexibility index (Phi) is 6.70. The lowest BCUT2D eigenvalue weighted by atomic mass is 10.1. The molecular formula is C19H19F2NO5. The lowest BCUT2D eigenvalue weighted by Crippen LogP contribution is -2.27. The maximum atomic E-state index is 13.9. The molecule has 2 N–H and O–H groups in total. The van der Waals surface area contributed by atoms with Crippen LogP contribution in [0.15, 0.2) is 36.4 Å². The van der Waals surface area contributed by atoms with E-state index in [9.17, 15) is 18.4 Å². The Hall–Kier alpha value is -3.16. The van der Waals surface area contributed by atoms with Crippen molar-refractivity contribution in [3.05, 3.63) is 59.2 Å². The van der Waals surface area contributed by atoms with Gasteiger partial charge in [-0.1, -0.05) is 12.1 Å². The number of hydrogen-bond donors (Lipinski definition) is 2. The predicted octanol–water partition coefficient (Wildman–Crippen LogP) is 3.32. The van der Waals surface area contributed by atoms with Gasteiger partial charge in [-0.05, 0) is 38.1 Å². The highest BCUT2D eigenvalue weighted by molar-refractivity contribution is 5.95. The number of nitrogens with one attached hydrogen (secondary N) is 1. The van der Waals surface area contributed by atoms with Crippen LogP contribution >= 0.6 is 0 Å². The van der Waals surface area contributed by atoms with Crippen LogP contribution in [-0.4, -0.2) is 30.2 Å². The molecule has 2 aromatic rings. The minimum absolute atomic E-state index is 0.0230. The second-order valence-electron chi connectivity index (χ2n) is 5.62. The number of carboxylic acids is 1. The van der Waals surface area contributed by atoms with Crippen molar-refractivity contribution in [2.24, 2.45) is 0 Å². The van der Waals surface area contributed by atoms with Gasteiger partial charge < -0.3 is 19.9 Å². The van der Waals surface area contributed by atoms with E-state index in [0.717, 1.165) is 6.07 Å². The zero-order valence-electron chi connectivity index (χ0n) is 14.8. The smallest absolute Gasteiger partial charge is 0.341 e. The third-order valence-electron chi connectivity index (χ3n) is 3.65. The standard InChI is InChI=1S/C19H19F2NO5/c1-3-26-16-9-12(7-8-15(16)27-10-17(23)24)19(25)22-11(2)13-5-4-6-14(20)18(13)21/h4-9,11H,3,10H2,1-2H3,(H,22,25)(H,23,24). The highest BCUT2D eigenvalue weighted by atomic mass is 19.2. The molecule has 1 unspecified atom stereocenters. The van der Waals surface area contributed by atoms with Gasteiger partial charge in [-0.2, -0.15) is 0 Å². The molecule has 2 aromatic carbocycles. The fraction of sp³-hybridized carbons (Fsp3) is 0.263. The zero-order chi connectivity index (χ0) is 20.0. The third kappa shape index (κ3) is 5.16. The number of rotatable bonds is 8. The van der Waals surface area contributed by atoms with Gasteiger partial charge in [-0.15, -0.1) is 0 Å². The van der Waals surface area contributed by atoms with E-state index in [-0.39, 0.29) is 29.2 Å². The van der Waals surface area contributed by atoms with Gasteiger partial charge in [0.05, 0.1) is 12.6 Å². The molecule has 144 valence electrons. The average molecular weight is 379 g/mol. The molecule has 0 aliphatic rings. The van der Waals surface area contributed by atoms with E-state index >= 15 is 0 Å². The largest absolute Gasteiger partial charge is 0.490 e. The fourth-order valence-electron chi connectivity index (χ4n) is 2.39. The van der Waals surface area contributed by atoms with Crippen molar-refractivity contribution in [1.29, 1.82) is 0 Å². The molecule has 27 heavy (non-hydrogen) atoms. The highest BCUT2D eigenvalue weighted by Crippen LogP contribution is 2.29. The van der Waals surface area contributed by atoms with Crippen LogP contribution in [-0.2, 0) is 4.79 Å². The van der Waals surface area contributed by atoms with Crippen LogP contribution in [0.4, 0.5) is 8.78 Å². The SMILES string of the molecule is CCOc1cc(C(=O)NC(C)c2cccc(F)c2F)ccc1OCC(=O)O.